The molecule has 0 bridgehead atoms. The van der Waals surface area contributed by atoms with Crippen LogP contribution in [-0.4, -0.2) is 26.1 Å². The number of hydrogen-bond donors (Lipinski definition) is 2. The molecule has 174 valence electrons. The van der Waals surface area contributed by atoms with Crippen LogP contribution in [0.25, 0.3) is 17.4 Å². The number of carbonyl (C=O) groups excluding carboxylic acids is 3. The summed E-state index contributed by atoms with van der Waals surface area (Å²) in [5.41, 5.74) is 2.87. The molecule has 1 aliphatic rings. The first-order chi connectivity index (χ1) is 16.0. The molecule has 0 unspecified atom stereocenters. The van der Waals surface area contributed by atoms with Gasteiger partial charge in [0.25, 0.3) is 21.8 Å². The molecule has 2 heterocycles. The highest BCUT2D eigenvalue weighted by molar-refractivity contribution is 7.90. The van der Waals surface area contributed by atoms with Crippen molar-refractivity contribution in [2.24, 2.45) is 0 Å². The number of amides is 3. The van der Waals surface area contributed by atoms with Crippen LogP contribution in [0, 0.1) is 5.82 Å². The lowest BCUT2D eigenvalue weighted by Gasteiger charge is -2.14. The van der Waals surface area contributed by atoms with E-state index in [1.807, 2.05) is 4.72 Å². The van der Waals surface area contributed by atoms with E-state index in [1.54, 1.807) is 6.07 Å². The number of rotatable bonds is 5. The maximum Gasteiger partial charge on any atom is 0.282 e. The third-order valence-electron chi connectivity index (χ3n) is 4.69. The predicted octanol–water partition coefficient (Wildman–Crippen LogP) is 3.03. The van der Waals surface area contributed by atoms with Crippen molar-refractivity contribution >= 4 is 51.1 Å². The van der Waals surface area contributed by atoms with Crippen LogP contribution in [0.4, 0.5) is 10.1 Å². The van der Waals surface area contributed by atoms with Gasteiger partial charge in [0.2, 0.25) is 5.91 Å². The largest absolute Gasteiger partial charge is 0.457 e. The van der Waals surface area contributed by atoms with E-state index in [1.165, 1.54) is 48.5 Å². The molecule has 1 aromatic heterocycles. The second kappa shape index (κ2) is 8.76. The first-order valence-corrected chi connectivity index (χ1v) is 11.5. The van der Waals surface area contributed by atoms with Crippen LogP contribution in [0.15, 0.2) is 69.5 Å². The Labute approximate surface area is 197 Å². The van der Waals surface area contributed by atoms with E-state index < -0.39 is 33.6 Å². The number of anilines is 1. The average Bonchev–Trinajstić information content (AvgIpc) is 3.35. The van der Waals surface area contributed by atoms with Crippen LogP contribution in [-0.2, 0) is 24.4 Å². The number of carbonyl (C=O) groups is 3. The van der Waals surface area contributed by atoms with Gasteiger partial charge in [-0.3, -0.25) is 19.8 Å². The highest BCUT2D eigenvalue weighted by Crippen LogP contribution is 2.28. The highest BCUT2D eigenvalue weighted by Gasteiger charge is 2.35. The fraction of sp³-hybridized carbons (Fsp3) is 0.0455. The van der Waals surface area contributed by atoms with Gasteiger partial charge in [-0.15, -0.1) is 0 Å². The summed E-state index contributed by atoms with van der Waals surface area (Å²) in [6.07, 6.45) is 1.25. The minimum absolute atomic E-state index is 0.102. The van der Waals surface area contributed by atoms with Crippen molar-refractivity contribution in [1.82, 2.24) is 10.1 Å². The number of nitrogens with one attached hydrogen (secondary N) is 2. The minimum atomic E-state index is -3.97. The summed E-state index contributed by atoms with van der Waals surface area (Å²) in [5, 5.41) is 0.737. The van der Waals surface area contributed by atoms with Gasteiger partial charge >= 0.3 is 0 Å². The monoisotopic (exact) mass is 503 g/mol. The zero-order valence-electron chi connectivity index (χ0n) is 17.3. The number of nitrogens with zero attached hydrogens (tertiary/aromatic N) is 1. The lowest BCUT2D eigenvalue weighted by atomic mass is 10.2. The molecule has 0 radical (unpaired) electrons. The molecular weight excluding hydrogens is 489 g/mol. The molecule has 9 nitrogen and oxygen atoms in total. The first kappa shape index (κ1) is 23.2. The van der Waals surface area contributed by atoms with E-state index >= 15 is 0 Å². The number of sulfonamides is 1. The molecule has 1 aliphatic heterocycles. The summed E-state index contributed by atoms with van der Waals surface area (Å²) in [6, 6.07) is 12.3. The molecule has 12 heteroatoms. The third kappa shape index (κ3) is 4.56. The normalized spacial score (nSPS) is 15.0. The van der Waals surface area contributed by atoms with Crippen molar-refractivity contribution in [3.8, 4) is 11.3 Å². The number of hydrazine groups is 1. The highest BCUT2D eigenvalue weighted by atomic mass is 35.5. The van der Waals surface area contributed by atoms with Gasteiger partial charge in [0, 0.05) is 12.5 Å². The van der Waals surface area contributed by atoms with Gasteiger partial charge in [0.1, 0.15) is 22.9 Å². The Morgan fingerprint density at radius 1 is 1.12 bits per heavy atom. The Kier molecular flexibility index (Phi) is 5.98. The smallest absolute Gasteiger partial charge is 0.282 e. The maximum atomic E-state index is 13.4. The molecule has 0 atom stereocenters. The quantitative estimate of drug-likeness (QED) is 0.407. The molecule has 34 heavy (non-hydrogen) atoms. The summed E-state index contributed by atoms with van der Waals surface area (Å²) < 4.78 is 45.1. The zero-order chi connectivity index (χ0) is 24.6. The Morgan fingerprint density at radius 2 is 1.82 bits per heavy atom. The fourth-order valence-corrected chi connectivity index (χ4v) is 4.30. The fourth-order valence-electron chi connectivity index (χ4n) is 3.14. The van der Waals surface area contributed by atoms with Crippen LogP contribution in [0.5, 0.6) is 0 Å². The van der Waals surface area contributed by atoms with E-state index in [2.05, 4.69) is 5.43 Å². The maximum absolute atomic E-state index is 13.4. The molecule has 2 N–H and O–H groups in total. The Bertz CT molecular complexity index is 1460. The second-order valence-corrected chi connectivity index (χ2v) is 9.22. The summed E-state index contributed by atoms with van der Waals surface area (Å²) in [4.78, 5) is 36.0. The summed E-state index contributed by atoms with van der Waals surface area (Å²) in [5.74, 6) is -2.19. The average molecular weight is 504 g/mol. The molecule has 0 spiro atoms. The Balaban J connectivity index is 1.56. The third-order valence-corrected chi connectivity index (χ3v) is 6.43. The molecule has 0 aliphatic carbocycles. The van der Waals surface area contributed by atoms with Crippen LogP contribution >= 0.6 is 11.6 Å². The minimum Gasteiger partial charge on any atom is -0.457 e. The molecular formula is C22H15ClFN3O6S. The summed E-state index contributed by atoms with van der Waals surface area (Å²) in [6.45, 7) is 1.09. The second-order valence-electron chi connectivity index (χ2n) is 7.13. The van der Waals surface area contributed by atoms with Gasteiger partial charge in [0.05, 0.1) is 15.6 Å². The van der Waals surface area contributed by atoms with Crippen molar-refractivity contribution in [2.45, 2.75) is 11.8 Å². The summed E-state index contributed by atoms with van der Waals surface area (Å²) in [7, 11) is -3.97. The van der Waals surface area contributed by atoms with Gasteiger partial charge < -0.3 is 4.42 Å². The number of hydrogen-bond acceptors (Lipinski definition) is 6. The molecule has 2 aromatic carbocycles. The molecule has 3 amide bonds. The lowest BCUT2D eigenvalue weighted by Crippen LogP contribution is -2.35. The number of benzene rings is 2. The topological polar surface area (TPSA) is 126 Å². The van der Waals surface area contributed by atoms with Gasteiger partial charge in [-0.05, 0) is 60.7 Å². The predicted molar refractivity (Wildman–Crippen MR) is 120 cm³/mol. The van der Waals surface area contributed by atoms with Gasteiger partial charge in [0.15, 0.2) is 0 Å². The van der Waals surface area contributed by atoms with E-state index in [0.717, 1.165) is 18.0 Å². The SMILES string of the molecule is CC(=O)NS(=O)(=O)c1ccc(-c2ccc(C=C3C(=O)NN(c4ccc(F)c(Cl)c4)C3=O)o2)cc1. The van der Waals surface area contributed by atoms with Gasteiger partial charge in [-0.1, -0.05) is 11.6 Å². The van der Waals surface area contributed by atoms with Crippen molar-refractivity contribution in [3.05, 3.63) is 76.8 Å². The molecule has 3 aromatic rings. The Morgan fingerprint density at radius 3 is 2.47 bits per heavy atom. The van der Waals surface area contributed by atoms with Crippen molar-refractivity contribution in [3.63, 3.8) is 0 Å². The molecule has 1 fully saturated rings. The van der Waals surface area contributed by atoms with Crippen LogP contribution < -0.4 is 15.2 Å². The molecule has 1 saturated heterocycles. The number of furan rings is 1. The Hall–Kier alpha value is -3.96. The van der Waals surface area contributed by atoms with E-state index in [0.29, 0.717) is 11.3 Å². The van der Waals surface area contributed by atoms with Crippen LogP contribution in [0.1, 0.15) is 12.7 Å². The van der Waals surface area contributed by atoms with E-state index in [9.17, 15) is 27.2 Å². The van der Waals surface area contributed by atoms with Crippen molar-refractivity contribution in [2.75, 3.05) is 5.01 Å². The van der Waals surface area contributed by atoms with Crippen molar-refractivity contribution in [1.29, 1.82) is 0 Å². The summed E-state index contributed by atoms with van der Waals surface area (Å²) >= 11 is 5.75. The van der Waals surface area contributed by atoms with E-state index in [-0.39, 0.29) is 26.9 Å². The van der Waals surface area contributed by atoms with Gasteiger partial charge in [-0.2, -0.15) is 0 Å². The molecule has 0 saturated carbocycles. The lowest BCUT2D eigenvalue weighted by molar-refractivity contribution is -0.118. The van der Waals surface area contributed by atoms with E-state index in [4.69, 9.17) is 16.0 Å². The number of halogens is 2. The van der Waals surface area contributed by atoms with Crippen LogP contribution in [0.2, 0.25) is 5.02 Å². The standard InChI is InChI=1S/C22H15ClFN3O6S/c1-12(28)26-34(31,32)16-6-2-13(3-7-16)20-9-5-15(33-20)11-17-21(29)25-27(22(17)30)14-4-8-19(24)18(23)10-14/h2-11H,1H3,(H,25,29)(H,26,28). The first-order valence-electron chi connectivity index (χ1n) is 9.61. The zero-order valence-corrected chi connectivity index (χ0v) is 18.9. The van der Waals surface area contributed by atoms with Gasteiger partial charge in [-0.25, -0.2) is 22.5 Å². The molecule has 4 rings (SSSR count). The van der Waals surface area contributed by atoms with Crippen molar-refractivity contribution < 1.29 is 31.6 Å². The van der Waals surface area contributed by atoms with Crippen LogP contribution in [0.3, 0.4) is 0 Å².